The molecule has 0 fully saturated rings. The second kappa shape index (κ2) is 6.98. The van der Waals surface area contributed by atoms with Gasteiger partial charge in [0.15, 0.2) is 0 Å². The fraction of sp³-hybridized carbons (Fsp3) is 0.0588. The molecule has 1 N–H and O–H groups in total. The molecule has 0 atom stereocenters. The zero-order valence-corrected chi connectivity index (χ0v) is 14.4. The van der Waals surface area contributed by atoms with E-state index in [4.69, 9.17) is 11.6 Å². The Morgan fingerprint density at radius 1 is 1.17 bits per heavy atom. The average Bonchev–Trinajstić information content (AvgIpc) is 2.94. The Kier molecular flexibility index (Phi) is 4.79. The Labute approximate surface area is 147 Å². The number of carbonyl (C=O) groups excluding carboxylic acids is 1. The van der Waals surface area contributed by atoms with Crippen LogP contribution < -0.4 is 5.32 Å². The number of amides is 1. The number of hydrogen-bond donors (Lipinski definition) is 1. The molecule has 0 saturated carbocycles. The van der Waals surface area contributed by atoms with Crippen LogP contribution in [-0.2, 0) is 6.54 Å². The van der Waals surface area contributed by atoms with Crippen LogP contribution in [0.5, 0.6) is 0 Å². The zero-order chi connectivity index (χ0) is 16.2. The molecule has 0 spiro atoms. The van der Waals surface area contributed by atoms with Gasteiger partial charge in [-0.25, -0.2) is 4.68 Å². The van der Waals surface area contributed by atoms with Crippen LogP contribution >= 0.6 is 27.5 Å². The number of hydrogen-bond acceptors (Lipinski definition) is 2. The molecule has 6 heteroatoms. The molecule has 3 rings (SSSR count). The zero-order valence-electron chi connectivity index (χ0n) is 12.0. The summed E-state index contributed by atoms with van der Waals surface area (Å²) in [5.41, 5.74) is 1.59. The summed E-state index contributed by atoms with van der Waals surface area (Å²) in [4.78, 5) is 12.3. The van der Waals surface area contributed by atoms with Gasteiger partial charge in [0.1, 0.15) is 5.82 Å². The highest BCUT2D eigenvalue weighted by molar-refractivity contribution is 9.10. The molecule has 1 amide bonds. The van der Waals surface area contributed by atoms with Crippen molar-refractivity contribution in [2.45, 2.75) is 6.54 Å². The number of halogens is 2. The van der Waals surface area contributed by atoms with Gasteiger partial charge < -0.3 is 5.32 Å². The number of carbonyl (C=O) groups is 1. The van der Waals surface area contributed by atoms with Gasteiger partial charge in [0.25, 0.3) is 5.91 Å². The molecule has 116 valence electrons. The molecule has 0 aliphatic rings. The lowest BCUT2D eigenvalue weighted by Crippen LogP contribution is -2.16. The molecule has 1 aromatic heterocycles. The average molecular weight is 391 g/mol. The molecule has 4 nitrogen and oxygen atoms in total. The number of nitrogens with one attached hydrogen (secondary N) is 1. The number of rotatable bonds is 4. The Hall–Kier alpha value is -2.11. The van der Waals surface area contributed by atoms with Crippen LogP contribution in [0.3, 0.4) is 0 Å². The maximum atomic E-state index is 12.3. The third kappa shape index (κ3) is 4.00. The van der Waals surface area contributed by atoms with Crippen molar-refractivity contribution in [3.63, 3.8) is 0 Å². The summed E-state index contributed by atoms with van der Waals surface area (Å²) in [5, 5.41) is 7.81. The molecule has 2 aromatic carbocycles. The summed E-state index contributed by atoms with van der Waals surface area (Å²) in [6.45, 7) is 0.529. The molecular formula is C17H13BrClN3O. The molecular weight excluding hydrogens is 378 g/mol. The molecule has 0 aliphatic heterocycles. The van der Waals surface area contributed by atoms with E-state index < -0.39 is 0 Å². The van der Waals surface area contributed by atoms with Crippen LogP contribution in [0.15, 0.2) is 65.3 Å². The Morgan fingerprint density at radius 2 is 2.00 bits per heavy atom. The molecule has 1 heterocycles. The van der Waals surface area contributed by atoms with Gasteiger partial charge in [-0.1, -0.05) is 45.7 Å². The highest BCUT2D eigenvalue weighted by Crippen LogP contribution is 2.16. The summed E-state index contributed by atoms with van der Waals surface area (Å²) < 4.78 is 2.58. The molecule has 0 unspecified atom stereocenters. The largest absolute Gasteiger partial charge is 0.307 e. The molecule has 0 saturated heterocycles. The molecule has 0 radical (unpaired) electrons. The van der Waals surface area contributed by atoms with Gasteiger partial charge >= 0.3 is 0 Å². The van der Waals surface area contributed by atoms with E-state index >= 15 is 0 Å². The lowest BCUT2D eigenvalue weighted by atomic mass is 10.2. The molecule has 23 heavy (non-hydrogen) atoms. The van der Waals surface area contributed by atoms with Crippen LogP contribution in [0.25, 0.3) is 0 Å². The van der Waals surface area contributed by atoms with Gasteiger partial charge in [-0.05, 0) is 35.9 Å². The monoisotopic (exact) mass is 389 g/mol. The highest BCUT2D eigenvalue weighted by Gasteiger charge is 2.10. The van der Waals surface area contributed by atoms with Crippen molar-refractivity contribution < 1.29 is 4.79 Å². The first-order valence-electron chi connectivity index (χ1n) is 6.95. The van der Waals surface area contributed by atoms with E-state index in [1.807, 2.05) is 36.4 Å². The van der Waals surface area contributed by atoms with Gasteiger partial charge in [0.05, 0.1) is 12.7 Å². The number of aromatic nitrogens is 2. The quantitative estimate of drug-likeness (QED) is 0.708. The van der Waals surface area contributed by atoms with Crippen LogP contribution in [0, 0.1) is 0 Å². The summed E-state index contributed by atoms with van der Waals surface area (Å²) in [6.07, 6.45) is 1.65. The number of nitrogens with zero attached hydrogens (tertiary/aromatic N) is 2. The van der Waals surface area contributed by atoms with E-state index in [0.29, 0.717) is 22.9 Å². The van der Waals surface area contributed by atoms with Crippen molar-refractivity contribution in [2.24, 2.45) is 0 Å². The van der Waals surface area contributed by atoms with Crippen LogP contribution in [-0.4, -0.2) is 15.7 Å². The summed E-state index contributed by atoms with van der Waals surface area (Å²) >= 11 is 9.36. The maximum absolute atomic E-state index is 12.3. The van der Waals surface area contributed by atoms with E-state index in [1.165, 1.54) is 0 Å². The van der Waals surface area contributed by atoms with Gasteiger partial charge in [-0.15, -0.1) is 0 Å². The van der Waals surface area contributed by atoms with Crippen molar-refractivity contribution in [2.75, 3.05) is 5.32 Å². The van der Waals surface area contributed by atoms with Crippen molar-refractivity contribution in [1.82, 2.24) is 9.78 Å². The molecule has 0 bridgehead atoms. The topological polar surface area (TPSA) is 46.9 Å². The second-order valence-corrected chi connectivity index (χ2v) is 6.32. The number of anilines is 1. The number of benzene rings is 2. The van der Waals surface area contributed by atoms with Crippen molar-refractivity contribution in [3.8, 4) is 0 Å². The van der Waals surface area contributed by atoms with Crippen LogP contribution in [0.2, 0.25) is 5.02 Å². The maximum Gasteiger partial charge on any atom is 0.256 e. The third-order valence-corrected chi connectivity index (χ3v) is 3.99. The predicted molar refractivity (Wildman–Crippen MR) is 94.9 cm³/mol. The van der Waals surface area contributed by atoms with Gasteiger partial charge in [-0.2, -0.15) is 5.10 Å². The second-order valence-electron chi connectivity index (χ2n) is 4.97. The van der Waals surface area contributed by atoms with Gasteiger partial charge in [0.2, 0.25) is 0 Å². The highest BCUT2D eigenvalue weighted by atomic mass is 79.9. The summed E-state index contributed by atoms with van der Waals surface area (Å²) in [6, 6.07) is 16.6. The van der Waals surface area contributed by atoms with Crippen LogP contribution in [0.1, 0.15) is 15.9 Å². The minimum atomic E-state index is -0.181. The first kappa shape index (κ1) is 15.8. The molecule has 3 aromatic rings. The Morgan fingerprint density at radius 3 is 2.78 bits per heavy atom. The smallest absolute Gasteiger partial charge is 0.256 e. The Balaban J connectivity index is 1.77. The SMILES string of the molecule is O=C(Nc1ccnn1Cc1cccc(Cl)c1)c1cccc(Br)c1. The normalized spacial score (nSPS) is 10.5. The fourth-order valence-electron chi connectivity index (χ4n) is 2.19. The van der Waals surface area contributed by atoms with Crippen molar-refractivity contribution >= 4 is 39.3 Å². The first-order chi connectivity index (χ1) is 11.1. The van der Waals surface area contributed by atoms with Gasteiger partial charge in [-0.3, -0.25) is 4.79 Å². The van der Waals surface area contributed by atoms with Crippen LogP contribution in [0.4, 0.5) is 5.82 Å². The standard InChI is InChI=1S/C17H13BrClN3O/c18-14-5-2-4-13(10-14)17(23)21-16-7-8-20-22(16)11-12-3-1-6-15(19)9-12/h1-10H,11H2,(H,21,23). The van der Waals surface area contributed by atoms with E-state index in [1.54, 1.807) is 29.1 Å². The minimum Gasteiger partial charge on any atom is -0.307 e. The minimum absolute atomic E-state index is 0.181. The lowest BCUT2D eigenvalue weighted by molar-refractivity contribution is 0.102. The third-order valence-electron chi connectivity index (χ3n) is 3.27. The van der Waals surface area contributed by atoms with E-state index in [-0.39, 0.29) is 5.91 Å². The van der Waals surface area contributed by atoms with Crippen molar-refractivity contribution in [1.29, 1.82) is 0 Å². The van der Waals surface area contributed by atoms with E-state index in [0.717, 1.165) is 10.0 Å². The summed E-state index contributed by atoms with van der Waals surface area (Å²) in [7, 11) is 0. The first-order valence-corrected chi connectivity index (χ1v) is 8.12. The van der Waals surface area contributed by atoms with Crippen molar-refractivity contribution in [3.05, 3.63) is 81.4 Å². The summed E-state index contributed by atoms with van der Waals surface area (Å²) in [5.74, 6) is 0.453. The fourth-order valence-corrected chi connectivity index (χ4v) is 2.80. The molecule has 0 aliphatic carbocycles. The van der Waals surface area contributed by atoms with E-state index in [2.05, 4.69) is 26.3 Å². The predicted octanol–water partition coefficient (Wildman–Crippen LogP) is 4.60. The van der Waals surface area contributed by atoms with Gasteiger partial charge in [0, 0.05) is 21.1 Å². The Bertz CT molecular complexity index is 847. The lowest BCUT2D eigenvalue weighted by Gasteiger charge is -2.09. The van der Waals surface area contributed by atoms with E-state index in [9.17, 15) is 4.79 Å².